The maximum Gasteiger partial charge on any atom is 0.411 e. The molecule has 6 nitrogen and oxygen atoms in total. The Morgan fingerprint density at radius 1 is 0.909 bits per heavy atom. The van der Waals surface area contributed by atoms with Crippen LogP contribution in [0.2, 0.25) is 0 Å². The first-order chi connectivity index (χ1) is 16.1. The van der Waals surface area contributed by atoms with E-state index in [-0.39, 0.29) is 18.0 Å². The number of carbonyl (C=O) groups excluding carboxylic acids is 1. The Bertz CT molecular complexity index is 868. The van der Waals surface area contributed by atoms with Crippen LogP contribution in [0.25, 0.3) is 0 Å². The van der Waals surface area contributed by atoms with Crippen LogP contribution >= 0.6 is 0 Å². The highest BCUT2D eigenvalue weighted by atomic mass is 16.6. The maximum absolute atomic E-state index is 11.8. The van der Waals surface area contributed by atoms with Crippen molar-refractivity contribution in [2.24, 2.45) is 5.92 Å². The number of unbranched alkanes of at least 4 members (excludes halogenated alkanes) is 5. The lowest BCUT2D eigenvalue weighted by Crippen LogP contribution is -2.44. The molecule has 1 N–H and O–H groups in total. The number of cyclic esters (lactones) is 1. The number of esters is 1. The molecule has 2 aromatic rings. The second kappa shape index (κ2) is 12.9. The number of anilines is 1. The molecule has 2 aromatic carbocycles. The van der Waals surface area contributed by atoms with Crippen LogP contribution in [0.1, 0.15) is 64.7 Å². The zero-order valence-electron chi connectivity index (χ0n) is 19.4. The van der Waals surface area contributed by atoms with Crippen molar-refractivity contribution in [3.63, 3.8) is 0 Å². The van der Waals surface area contributed by atoms with Gasteiger partial charge in [-0.15, -0.1) is 0 Å². The molecule has 1 saturated heterocycles. The summed E-state index contributed by atoms with van der Waals surface area (Å²) in [5.41, 5.74) is 0.628. The lowest BCUT2D eigenvalue weighted by molar-refractivity contribution is -0.186. The molecule has 0 saturated carbocycles. The number of amides is 1. The monoisotopic (exact) mass is 453 g/mol. The Hall–Kier alpha value is -3.02. The molecule has 2 atom stereocenters. The van der Waals surface area contributed by atoms with Crippen LogP contribution in [0, 0.1) is 5.92 Å². The van der Waals surface area contributed by atoms with Gasteiger partial charge in [0.2, 0.25) is 0 Å². The standard InChI is InChI=1S/C27H35NO5/c1-2-3-4-9-14-24-25(33-26(24)29)15-10-6-11-20-28(27(30)31)21-16-18-23(19-17-21)32-22-12-7-5-8-13-22/h5,7-8,12-13,16-19,24-25H,2-4,6,9-11,14-15,20H2,1H3,(H,30,31)/t24-,25-/m1/s1. The highest BCUT2D eigenvalue weighted by Crippen LogP contribution is 2.31. The molecule has 33 heavy (non-hydrogen) atoms. The van der Waals surface area contributed by atoms with E-state index < -0.39 is 6.09 Å². The fourth-order valence-electron chi connectivity index (χ4n) is 4.20. The van der Waals surface area contributed by atoms with E-state index in [0.717, 1.165) is 44.3 Å². The number of nitrogens with zero attached hydrogens (tertiary/aromatic N) is 1. The Morgan fingerprint density at radius 3 is 2.24 bits per heavy atom. The first-order valence-electron chi connectivity index (χ1n) is 12.1. The molecule has 1 heterocycles. The second-order valence-corrected chi connectivity index (χ2v) is 8.62. The number of carboxylic acid groups (broad SMARTS) is 1. The molecule has 0 radical (unpaired) electrons. The van der Waals surface area contributed by atoms with Crippen LogP contribution in [0.4, 0.5) is 10.5 Å². The van der Waals surface area contributed by atoms with Gasteiger partial charge in [-0.25, -0.2) is 4.79 Å². The minimum absolute atomic E-state index is 0.0479. The van der Waals surface area contributed by atoms with E-state index in [0.29, 0.717) is 18.0 Å². The third kappa shape index (κ3) is 7.52. The highest BCUT2D eigenvalue weighted by Gasteiger charge is 2.40. The summed E-state index contributed by atoms with van der Waals surface area (Å²) in [4.78, 5) is 24.9. The van der Waals surface area contributed by atoms with E-state index in [2.05, 4.69) is 6.92 Å². The van der Waals surface area contributed by atoms with E-state index in [1.807, 2.05) is 30.3 Å². The molecule has 6 heteroatoms. The van der Waals surface area contributed by atoms with Crippen molar-refractivity contribution in [2.45, 2.75) is 70.8 Å². The Kier molecular flexibility index (Phi) is 9.60. The van der Waals surface area contributed by atoms with Crippen molar-refractivity contribution in [1.82, 2.24) is 0 Å². The molecule has 0 aromatic heterocycles. The fraction of sp³-hybridized carbons (Fsp3) is 0.481. The molecular formula is C27H35NO5. The smallest absolute Gasteiger partial charge is 0.411 e. The molecule has 3 rings (SSSR count). The Morgan fingerprint density at radius 2 is 1.58 bits per heavy atom. The van der Waals surface area contributed by atoms with Gasteiger partial charge in [-0.2, -0.15) is 0 Å². The summed E-state index contributed by atoms with van der Waals surface area (Å²) in [6.45, 7) is 2.61. The van der Waals surface area contributed by atoms with Crippen LogP contribution in [-0.4, -0.2) is 29.8 Å². The quantitative estimate of drug-likeness (QED) is 0.245. The molecule has 0 aliphatic carbocycles. The number of benzene rings is 2. The van der Waals surface area contributed by atoms with Gasteiger partial charge in [0, 0.05) is 12.2 Å². The van der Waals surface area contributed by atoms with Gasteiger partial charge in [0.1, 0.15) is 17.6 Å². The van der Waals surface area contributed by atoms with Crippen LogP contribution in [-0.2, 0) is 9.53 Å². The number of rotatable bonds is 14. The van der Waals surface area contributed by atoms with Crippen LogP contribution < -0.4 is 9.64 Å². The van der Waals surface area contributed by atoms with Gasteiger partial charge in [-0.3, -0.25) is 9.69 Å². The molecule has 1 aliphatic rings. The minimum atomic E-state index is -0.966. The fourth-order valence-corrected chi connectivity index (χ4v) is 4.20. The van der Waals surface area contributed by atoms with E-state index in [4.69, 9.17) is 9.47 Å². The molecule has 0 unspecified atom stereocenters. The molecule has 0 bridgehead atoms. The van der Waals surface area contributed by atoms with Gasteiger partial charge < -0.3 is 14.6 Å². The molecule has 1 aliphatic heterocycles. The Labute approximate surface area is 196 Å². The number of carbonyl (C=O) groups is 2. The van der Waals surface area contributed by atoms with E-state index in [1.165, 1.54) is 24.2 Å². The third-order valence-electron chi connectivity index (χ3n) is 6.12. The zero-order valence-corrected chi connectivity index (χ0v) is 19.4. The van der Waals surface area contributed by atoms with Crippen LogP contribution in [0.5, 0.6) is 11.5 Å². The third-order valence-corrected chi connectivity index (χ3v) is 6.12. The molecule has 1 amide bonds. The van der Waals surface area contributed by atoms with Gasteiger partial charge in [-0.1, -0.05) is 57.2 Å². The number of hydrogen-bond acceptors (Lipinski definition) is 4. The predicted octanol–water partition coefficient (Wildman–Crippen LogP) is 7.04. The number of hydrogen-bond donors (Lipinski definition) is 1. The summed E-state index contributed by atoms with van der Waals surface area (Å²) >= 11 is 0. The van der Waals surface area contributed by atoms with Crippen molar-refractivity contribution in [3.8, 4) is 11.5 Å². The van der Waals surface area contributed by atoms with Crippen LogP contribution in [0.15, 0.2) is 54.6 Å². The average Bonchev–Trinajstić information content (AvgIpc) is 2.81. The normalized spacial score (nSPS) is 17.2. The van der Waals surface area contributed by atoms with E-state index in [1.54, 1.807) is 24.3 Å². The average molecular weight is 454 g/mol. The van der Waals surface area contributed by atoms with Crippen molar-refractivity contribution < 1.29 is 24.2 Å². The molecule has 178 valence electrons. The van der Waals surface area contributed by atoms with Gasteiger partial charge in [0.05, 0.1) is 5.92 Å². The summed E-state index contributed by atoms with van der Waals surface area (Å²) in [7, 11) is 0. The number of para-hydroxylation sites is 1. The second-order valence-electron chi connectivity index (χ2n) is 8.62. The predicted molar refractivity (Wildman–Crippen MR) is 129 cm³/mol. The summed E-state index contributed by atoms with van der Waals surface area (Å²) in [6.07, 6.45) is 8.14. The topological polar surface area (TPSA) is 76.1 Å². The van der Waals surface area contributed by atoms with Crippen molar-refractivity contribution in [3.05, 3.63) is 54.6 Å². The number of ether oxygens (including phenoxy) is 2. The van der Waals surface area contributed by atoms with Gasteiger partial charge in [0.25, 0.3) is 0 Å². The van der Waals surface area contributed by atoms with E-state index in [9.17, 15) is 14.7 Å². The van der Waals surface area contributed by atoms with Gasteiger partial charge in [-0.05, 0) is 62.1 Å². The maximum atomic E-state index is 11.8. The first-order valence-corrected chi connectivity index (χ1v) is 12.1. The molecular weight excluding hydrogens is 418 g/mol. The highest BCUT2D eigenvalue weighted by molar-refractivity contribution is 5.86. The van der Waals surface area contributed by atoms with Crippen molar-refractivity contribution in [2.75, 3.05) is 11.4 Å². The van der Waals surface area contributed by atoms with Crippen LogP contribution in [0.3, 0.4) is 0 Å². The van der Waals surface area contributed by atoms with Crippen molar-refractivity contribution in [1.29, 1.82) is 0 Å². The lowest BCUT2D eigenvalue weighted by Gasteiger charge is -2.35. The Balaban J connectivity index is 1.39. The van der Waals surface area contributed by atoms with Gasteiger partial charge in [0.15, 0.2) is 0 Å². The van der Waals surface area contributed by atoms with Gasteiger partial charge >= 0.3 is 12.1 Å². The summed E-state index contributed by atoms with van der Waals surface area (Å²) < 4.78 is 11.1. The largest absolute Gasteiger partial charge is 0.465 e. The SMILES string of the molecule is CCCCCC[C@H]1C(=O)O[C@@H]1CCCCCN(C(=O)O)c1ccc(Oc2ccccc2)cc1. The molecule has 1 fully saturated rings. The summed E-state index contributed by atoms with van der Waals surface area (Å²) in [5.74, 6) is 1.41. The summed E-state index contributed by atoms with van der Waals surface area (Å²) in [6, 6.07) is 16.6. The summed E-state index contributed by atoms with van der Waals surface area (Å²) in [5, 5.41) is 9.64. The zero-order chi connectivity index (χ0) is 23.5. The lowest BCUT2D eigenvalue weighted by atomic mass is 9.87. The first kappa shape index (κ1) is 24.6. The molecule has 0 spiro atoms. The van der Waals surface area contributed by atoms with E-state index >= 15 is 0 Å². The minimum Gasteiger partial charge on any atom is -0.465 e. The van der Waals surface area contributed by atoms with Crippen molar-refractivity contribution >= 4 is 17.7 Å².